The maximum Gasteiger partial charge on any atom is 0.0139 e. The summed E-state index contributed by atoms with van der Waals surface area (Å²) in [5.41, 5.74) is 5.67. The largest absolute Gasteiger partial charge is 0.327 e. The molecule has 1 fully saturated rings. The van der Waals surface area contributed by atoms with E-state index in [1.807, 2.05) is 11.8 Å². The van der Waals surface area contributed by atoms with Crippen LogP contribution in [0.2, 0.25) is 0 Å². The highest BCUT2D eigenvalue weighted by atomic mass is 32.2. The van der Waals surface area contributed by atoms with E-state index in [9.17, 15) is 0 Å². The van der Waals surface area contributed by atoms with Gasteiger partial charge in [0.2, 0.25) is 0 Å². The molecule has 0 aliphatic carbocycles. The first kappa shape index (κ1) is 8.37. The molecule has 1 saturated heterocycles. The molecule has 2 N–H and O–H groups in total. The van der Waals surface area contributed by atoms with Gasteiger partial charge in [-0.15, -0.1) is 0 Å². The Labute approximate surface area is 67.1 Å². The molecule has 10 heavy (non-hydrogen) atoms. The molecule has 0 spiro atoms. The number of hydrogen-bond donors (Lipinski definition) is 1. The van der Waals surface area contributed by atoms with Crippen LogP contribution in [-0.4, -0.2) is 42.1 Å². The Morgan fingerprint density at radius 2 is 2.10 bits per heavy atom. The molecule has 1 atom stereocenters. The fourth-order valence-corrected chi connectivity index (χ4v) is 2.17. The van der Waals surface area contributed by atoms with Gasteiger partial charge < -0.3 is 10.6 Å². The molecule has 1 heterocycles. The molecule has 0 saturated carbocycles. The number of rotatable bonds is 2. The van der Waals surface area contributed by atoms with Crippen molar-refractivity contribution < 1.29 is 0 Å². The summed E-state index contributed by atoms with van der Waals surface area (Å²) in [6, 6.07) is 0.336. The molecule has 3 heteroatoms. The van der Waals surface area contributed by atoms with Crippen LogP contribution in [0.5, 0.6) is 0 Å². The van der Waals surface area contributed by atoms with Crippen molar-refractivity contribution in [2.75, 3.05) is 31.1 Å². The Balaban J connectivity index is 2.13. The van der Waals surface area contributed by atoms with E-state index in [2.05, 4.69) is 11.8 Å². The number of thioether (sulfide) groups is 1. The summed E-state index contributed by atoms with van der Waals surface area (Å²) < 4.78 is 0. The van der Waals surface area contributed by atoms with Gasteiger partial charge in [-0.3, -0.25) is 0 Å². The Hall–Kier alpha value is 0.270. The van der Waals surface area contributed by atoms with Crippen molar-refractivity contribution in [1.82, 2.24) is 4.90 Å². The maximum atomic E-state index is 5.67. The minimum atomic E-state index is 0.336. The monoisotopic (exact) mass is 160 g/mol. The lowest BCUT2D eigenvalue weighted by atomic mass is 10.3. The molecule has 1 aliphatic rings. The van der Waals surface area contributed by atoms with Crippen molar-refractivity contribution in [3.63, 3.8) is 0 Å². The lowest BCUT2D eigenvalue weighted by Gasteiger charge is -2.27. The van der Waals surface area contributed by atoms with Crippen LogP contribution in [0.15, 0.2) is 0 Å². The molecule has 0 aromatic carbocycles. The molecular formula is C7H16N2S. The zero-order valence-corrected chi connectivity index (χ0v) is 7.36. The van der Waals surface area contributed by atoms with E-state index < -0.39 is 0 Å². The van der Waals surface area contributed by atoms with Crippen LogP contribution in [0.4, 0.5) is 0 Å². The summed E-state index contributed by atoms with van der Waals surface area (Å²) in [6.45, 7) is 5.60. The van der Waals surface area contributed by atoms with E-state index in [1.54, 1.807) is 0 Å². The van der Waals surface area contributed by atoms with Crippen LogP contribution in [0, 0.1) is 0 Å². The van der Waals surface area contributed by atoms with Gasteiger partial charge in [0.25, 0.3) is 0 Å². The second kappa shape index (κ2) is 4.21. The highest BCUT2D eigenvalue weighted by Gasteiger charge is 2.10. The first-order chi connectivity index (χ1) is 4.79. The highest BCUT2D eigenvalue weighted by molar-refractivity contribution is 7.99. The molecular weight excluding hydrogens is 144 g/mol. The van der Waals surface area contributed by atoms with Crippen LogP contribution in [0.25, 0.3) is 0 Å². The molecule has 1 aliphatic heterocycles. The second-order valence-corrected chi connectivity index (χ2v) is 4.12. The van der Waals surface area contributed by atoms with Gasteiger partial charge in [0.05, 0.1) is 0 Å². The lowest BCUT2D eigenvalue weighted by molar-refractivity contribution is 0.288. The van der Waals surface area contributed by atoms with Crippen molar-refractivity contribution in [3.05, 3.63) is 0 Å². The van der Waals surface area contributed by atoms with Crippen LogP contribution in [0.3, 0.4) is 0 Å². The standard InChI is InChI=1S/C7H16N2S/c1-7(8)6-9-2-4-10-5-3-9/h7H,2-6,8H2,1H3. The van der Waals surface area contributed by atoms with Gasteiger partial charge in [-0.2, -0.15) is 11.8 Å². The normalized spacial score (nSPS) is 24.6. The maximum absolute atomic E-state index is 5.67. The third-order valence-electron chi connectivity index (χ3n) is 1.65. The van der Waals surface area contributed by atoms with Crippen molar-refractivity contribution in [2.45, 2.75) is 13.0 Å². The molecule has 0 amide bonds. The van der Waals surface area contributed by atoms with Crippen LogP contribution in [-0.2, 0) is 0 Å². The summed E-state index contributed by atoms with van der Waals surface area (Å²) in [5, 5.41) is 0. The Morgan fingerprint density at radius 1 is 1.50 bits per heavy atom. The van der Waals surface area contributed by atoms with Crippen LogP contribution >= 0.6 is 11.8 Å². The molecule has 0 bridgehead atoms. The average Bonchev–Trinajstić information content (AvgIpc) is 1.88. The van der Waals surface area contributed by atoms with Crippen LogP contribution in [0.1, 0.15) is 6.92 Å². The molecule has 1 rings (SSSR count). The molecule has 1 unspecified atom stereocenters. The first-order valence-electron chi connectivity index (χ1n) is 3.84. The Morgan fingerprint density at radius 3 is 2.60 bits per heavy atom. The molecule has 0 aromatic heterocycles. The van der Waals surface area contributed by atoms with Crippen molar-refractivity contribution in [3.8, 4) is 0 Å². The van der Waals surface area contributed by atoms with Gasteiger partial charge >= 0.3 is 0 Å². The minimum absolute atomic E-state index is 0.336. The van der Waals surface area contributed by atoms with Crippen molar-refractivity contribution in [1.29, 1.82) is 0 Å². The number of nitrogens with zero attached hydrogens (tertiary/aromatic N) is 1. The summed E-state index contributed by atoms with van der Waals surface area (Å²) >= 11 is 2.04. The van der Waals surface area contributed by atoms with Gasteiger partial charge in [0.15, 0.2) is 0 Å². The minimum Gasteiger partial charge on any atom is -0.327 e. The van der Waals surface area contributed by atoms with E-state index in [1.165, 1.54) is 24.6 Å². The molecule has 0 aromatic rings. The fourth-order valence-electron chi connectivity index (χ4n) is 1.19. The quantitative estimate of drug-likeness (QED) is 0.633. The zero-order chi connectivity index (χ0) is 7.40. The Kier molecular flexibility index (Phi) is 3.52. The van der Waals surface area contributed by atoms with Gasteiger partial charge in [0.1, 0.15) is 0 Å². The average molecular weight is 160 g/mol. The summed E-state index contributed by atoms with van der Waals surface area (Å²) in [5.74, 6) is 2.57. The van der Waals surface area contributed by atoms with E-state index in [0.29, 0.717) is 6.04 Å². The summed E-state index contributed by atoms with van der Waals surface area (Å²) in [7, 11) is 0. The van der Waals surface area contributed by atoms with Gasteiger partial charge in [-0.25, -0.2) is 0 Å². The topological polar surface area (TPSA) is 29.3 Å². The van der Waals surface area contributed by atoms with Crippen LogP contribution < -0.4 is 5.73 Å². The molecule has 0 radical (unpaired) electrons. The van der Waals surface area contributed by atoms with E-state index in [4.69, 9.17) is 5.73 Å². The first-order valence-corrected chi connectivity index (χ1v) is 5.00. The van der Waals surface area contributed by atoms with Gasteiger partial charge in [-0.05, 0) is 6.92 Å². The van der Waals surface area contributed by atoms with E-state index >= 15 is 0 Å². The van der Waals surface area contributed by atoms with Gasteiger partial charge in [0, 0.05) is 37.2 Å². The zero-order valence-electron chi connectivity index (χ0n) is 6.55. The number of hydrogen-bond acceptors (Lipinski definition) is 3. The second-order valence-electron chi connectivity index (χ2n) is 2.89. The van der Waals surface area contributed by atoms with Gasteiger partial charge in [-0.1, -0.05) is 0 Å². The highest BCUT2D eigenvalue weighted by Crippen LogP contribution is 2.08. The lowest BCUT2D eigenvalue weighted by Crippen LogP contribution is -2.40. The molecule has 60 valence electrons. The smallest absolute Gasteiger partial charge is 0.0139 e. The third-order valence-corrected chi connectivity index (χ3v) is 2.59. The SMILES string of the molecule is CC(N)CN1CCSCC1. The fraction of sp³-hybridized carbons (Fsp3) is 1.00. The third kappa shape index (κ3) is 2.90. The Bertz CT molecular complexity index is 89.6. The predicted octanol–water partition coefficient (Wildman–Crippen LogP) is 0.382. The van der Waals surface area contributed by atoms with Crippen molar-refractivity contribution in [2.24, 2.45) is 5.73 Å². The van der Waals surface area contributed by atoms with E-state index in [0.717, 1.165) is 6.54 Å². The van der Waals surface area contributed by atoms with E-state index in [-0.39, 0.29) is 0 Å². The summed E-state index contributed by atoms with van der Waals surface area (Å²) in [4.78, 5) is 2.45. The predicted molar refractivity (Wildman–Crippen MR) is 47.4 cm³/mol. The molecule has 2 nitrogen and oxygen atoms in total. The van der Waals surface area contributed by atoms with Crippen molar-refractivity contribution >= 4 is 11.8 Å². The summed E-state index contributed by atoms with van der Waals surface area (Å²) in [6.07, 6.45) is 0. The number of nitrogens with two attached hydrogens (primary N) is 1.